The maximum atomic E-state index is 7.30. The van der Waals surface area contributed by atoms with Crippen LogP contribution in [0.15, 0.2) is 152 Å². The molecule has 0 aliphatic carbocycles. The third-order valence-electron chi connectivity index (χ3n) is 13.3. The van der Waals surface area contributed by atoms with Gasteiger partial charge in [-0.1, -0.05) is 93.6 Å². The monoisotopic (exact) mass is 772 g/mol. The van der Waals surface area contributed by atoms with Gasteiger partial charge in [0.25, 0.3) is 13.4 Å². The van der Waals surface area contributed by atoms with Gasteiger partial charge in [0.05, 0.1) is 16.7 Å². The summed E-state index contributed by atoms with van der Waals surface area (Å²) in [5.41, 5.74) is 14.0. The molecule has 6 heterocycles. The number of hydrogen-bond donors (Lipinski definition) is 0. The molecule has 5 aliphatic heterocycles. The van der Waals surface area contributed by atoms with E-state index in [1.807, 2.05) is 6.07 Å². The molecule has 282 valence electrons. The van der Waals surface area contributed by atoms with Gasteiger partial charge in [0, 0.05) is 57.0 Å². The van der Waals surface area contributed by atoms with Crippen LogP contribution >= 0.6 is 0 Å². The average Bonchev–Trinajstić information content (AvgIpc) is 3.60. The molecule has 0 saturated heterocycles. The molecule has 0 radical (unpaired) electrons. The molecule has 2 bridgehead atoms. The fourth-order valence-corrected chi connectivity index (χ4v) is 10.7. The largest absolute Gasteiger partial charge is 0.458 e. The number of hydrogen-bond acceptors (Lipinski definition) is 5. The number of nitrogens with zero attached hydrogens (tertiary/aromatic N) is 2. The fourth-order valence-electron chi connectivity index (χ4n) is 10.7. The van der Waals surface area contributed by atoms with Crippen molar-refractivity contribution < 1.29 is 18.9 Å². The summed E-state index contributed by atoms with van der Waals surface area (Å²) >= 11 is 0. The number of anilines is 3. The summed E-state index contributed by atoms with van der Waals surface area (Å²) in [4.78, 5) is 2.39. The minimum absolute atomic E-state index is 0.127. The molecule has 14 rings (SSSR count). The molecule has 6 nitrogen and oxygen atoms in total. The minimum atomic E-state index is -0.213. The van der Waals surface area contributed by atoms with E-state index >= 15 is 0 Å². The number of para-hydroxylation sites is 3. The molecule has 8 aromatic carbocycles. The molecule has 0 spiro atoms. The summed E-state index contributed by atoms with van der Waals surface area (Å²) in [5, 5.41) is 2.40. The van der Waals surface area contributed by atoms with Crippen LogP contribution in [-0.4, -0.2) is 18.0 Å². The van der Waals surface area contributed by atoms with Crippen LogP contribution < -0.4 is 56.6 Å². The zero-order valence-electron chi connectivity index (χ0n) is 33.1. The van der Waals surface area contributed by atoms with Gasteiger partial charge in [0.15, 0.2) is 0 Å². The van der Waals surface area contributed by atoms with Crippen molar-refractivity contribution in [2.45, 2.75) is 26.2 Å². The van der Waals surface area contributed by atoms with Crippen LogP contribution in [0.4, 0.5) is 17.1 Å². The van der Waals surface area contributed by atoms with E-state index in [2.05, 4.69) is 176 Å². The summed E-state index contributed by atoms with van der Waals surface area (Å²) in [7, 11) is 0. The Morgan fingerprint density at radius 1 is 0.400 bits per heavy atom. The molecule has 8 heteroatoms. The minimum Gasteiger partial charge on any atom is -0.458 e. The van der Waals surface area contributed by atoms with E-state index in [0.717, 1.165) is 113 Å². The molecule has 60 heavy (non-hydrogen) atoms. The lowest BCUT2D eigenvalue weighted by molar-refractivity contribution is 0.450. The first-order valence-corrected chi connectivity index (χ1v) is 20.7. The molecule has 9 aromatic rings. The topological polar surface area (TPSA) is 45.1 Å². The van der Waals surface area contributed by atoms with Gasteiger partial charge < -0.3 is 28.4 Å². The average molecular weight is 772 g/mol. The van der Waals surface area contributed by atoms with Crippen LogP contribution in [0.2, 0.25) is 0 Å². The summed E-state index contributed by atoms with van der Waals surface area (Å²) < 4.78 is 30.9. The number of aromatic nitrogens is 1. The van der Waals surface area contributed by atoms with Crippen molar-refractivity contribution in [1.82, 2.24) is 4.57 Å². The van der Waals surface area contributed by atoms with E-state index in [-0.39, 0.29) is 18.8 Å². The van der Waals surface area contributed by atoms with Crippen LogP contribution in [-0.2, 0) is 5.41 Å². The Morgan fingerprint density at radius 2 is 0.917 bits per heavy atom. The van der Waals surface area contributed by atoms with Crippen LogP contribution in [0.1, 0.15) is 26.3 Å². The molecule has 0 atom stereocenters. The third kappa shape index (κ3) is 4.20. The molecule has 0 N–H and O–H groups in total. The SMILES string of the molecule is CC(C)(C)c1cc2c3c(c1)N(c1ccccc1)c1cccc4c1B3c1cc3c(cc1O2)Oc1cc(-n2c5ccccc5c5ccccc52)cc2c1B3c1c(cccc1O4)O2. The van der Waals surface area contributed by atoms with Crippen molar-refractivity contribution >= 4 is 85.1 Å². The van der Waals surface area contributed by atoms with E-state index in [0.29, 0.717) is 0 Å². The highest BCUT2D eigenvalue weighted by Gasteiger charge is 2.49. The molecule has 0 saturated carbocycles. The molecule has 5 aliphatic rings. The first-order chi connectivity index (χ1) is 29.4. The van der Waals surface area contributed by atoms with Crippen LogP contribution in [0.5, 0.6) is 46.0 Å². The molecular weight excluding hydrogens is 738 g/mol. The van der Waals surface area contributed by atoms with Crippen molar-refractivity contribution in [3.8, 4) is 51.7 Å². The number of ether oxygens (including phenoxy) is 4. The molecule has 0 amide bonds. The maximum Gasteiger partial charge on any atom is 0.265 e. The van der Waals surface area contributed by atoms with Crippen LogP contribution in [0, 0.1) is 0 Å². The third-order valence-corrected chi connectivity index (χ3v) is 13.3. The van der Waals surface area contributed by atoms with E-state index < -0.39 is 0 Å². The summed E-state index contributed by atoms with van der Waals surface area (Å²) in [6.07, 6.45) is 0. The summed E-state index contributed by atoms with van der Waals surface area (Å²) in [6, 6.07) is 53.9. The Hall–Kier alpha value is -7.31. The van der Waals surface area contributed by atoms with E-state index in [4.69, 9.17) is 18.9 Å². The van der Waals surface area contributed by atoms with E-state index in [1.165, 1.54) is 16.3 Å². The zero-order chi connectivity index (χ0) is 39.6. The van der Waals surface area contributed by atoms with Gasteiger partial charge in [0.2, 0.25) is 0 Å². The quantitative estimate of drug-likeness (QED) is 0.164. The second kappa shape index (κ2) is 11.2. The zero-order valence-corrected chi connectivity index (χ0v) is 33.1. The van der Waals surface area contributed by atoms with Crippen LogP contribution in [0.25, 0.3) is 27.5 Å². The van der Waals surface area contributed by atoms with Crippen LogP contribution in [0.3, 0.4) is 0 Å². The van der Waals surface area contributed by atoms with Gasteiger partial charge in [-0.25, -0.2) is 0 Å². The number of fused-ring (bicyclic) bond motifs is 3. The van der Waals surface area contributed by atoms with Gasteiger partial charge in [-0.15, -0.1) is 0 Å². The smallest absolute Gasteiger partial charge is 0.265 e. The second-order valence-electron chi connectivity index (χ2n) is 17.6. The first-order valence-electron chi connectivity index (χ1n) is 20.7. The van der Waals surface area contributed by atoms with E-state index in [9.17, 15) is 0 Å². The fraction of sp³-hybridized carbons (Fsp3) is 0.0769. The first kappa shape index (κ1) is 32.6. The molecule has 0 fully saturated rings. The molecule has 0 unspecified atom stereocenters. The Balaban J connectivity index is 1.05. The number of benzene rings is 8. The maximum absolute atomic E-state index is 7.30. The summed E-state index contributed by atoms with van der Waals surface area (Å²) in [5.74, 6) is 6.29. The lowest BCUT2D eigenvalue weighted by Gasteiger charge is -2.43. The second-order valence-corrected chi connectivity index (χ2v) is 17.6. The normalized spacial score (nSPS) is 14.3. The highest BCUT2D eigenvalue weighted by molar-refractivity contribution is 7.02. The highest BCUT2D eigenvalue weighted by atomic mass is 16.5. The van der Waals surface area contributed by atoms with E-state index in [1.54, 1.807) is 0 Å². The van der Waals surface area contributed by atoms with Crippen molar-refractivity contribution in [1.29, 1.82) is 0 Å². The van der Waals surface area contributed by atoms with Gasteiger partial charge in [-0.3, -0.25) is 0 Å². The Kier molecular flexibility index (Phi) is 6.11. The van der Waals surface area contributed by atoms with Crippen molar-refractivity contribution in [3.05, 3.63) is 157 Å². The van der Waals surface area contributed by atoms with Crippen molar-refractivity contribution in [2.24, 2.45) is 0 Å². The van der Waals surface area contributed by atoms with Gasteiger partial charge in [-0.2, -0.15) is 0 Å². The standard InChI is InChI=1S/C52H34B2N2O4/c1-52(2,3)29-23-39-49-45(24-29)59-43-28-44-35-27-34(43)53(49)48-38(55(39)30-13-5-4-6-14-30)19-11-20-40(48)57-41-21-12-22-42-50(41)54(35)51-46(58-42)25-31(26-47(51)60-44)56-36-17-9-7-15-32(36)33-16-8-10-18-37(33)56/h4-28H,1-3H3. The van der Waals surface area contributed by atoms with Gasteiger partial charge in [-0.05, 0) is 93.5 Å². The lowest BCUT2D eigenvalue weighted by Crippen LogP contribution is -2.63. The predicted octanol–water partition coefficient (Wildman–Crippen LogP) is 9.32. The van der Waals surface area contributed by atoms with Gasteiger partial charge >= 0.3 is 0 Å². The predicted molar refractivity (Wildman–Crippen MR) is 243 cm³/mol. The van der Waals surface area contributed by atoms with Crippen molar-refractivity contribution in [2.75, 3.05) is 4.90 Å². The number of rotatable bonds is 2. The van der Waals surface area contributed by atoms with Gasteiger partial charge in [0.1, 0.15) is 46.0 Å². The molecule has 1 aromatic heterocycles. The van der Waals surface area contributed by atoms with Crippen molar-refractivity contribution in [3.63, 3.8) is 0 Å². The molecular formula is C52H34B2N2O4. The highest BCUT2D eigenvalue weighted by Crippen LogP contribution is 2.47. The Labute approximate surface area is 347 Å². The Morgan fingerprint density at radius 3 is 1.58 bits per heavy atom. The Bertz CT molecular complexity index is 3350. The summed E-state index contributed by atoms with van der Waals surface area (Å²) in [6.45, 7) is 6.42. The lowest BCUT2D eigenvalue weighted by atomic mass is 9.31.